The maximum absolute atomic E-state index is 11.9. The van der Waals surface area contributed by atoms with Gasteiger partial charge in [0, 0.05) is 22.2 Å². The van der Waals surface area contributed by atoms with Gasteiger partial charge in [0.05, 0.1) is 5.56 Å². The highest BCUT2D eigenvalue weighted by Crippen LogP contribution is 2.19. The minimum Gasteiger partial charge on any atom is -0.338 e. The van der Waals surface area contributed by atoms with E-state index < -0.39 is 0 Å². The van der Waals surface area contributed by atoms with Crippen molar-refractivity contribution in [3.8, 4) is 0 Å². The first-order valence-electron chi connectivity index (χ1n) is 4.37. The van der Waals surface area contributed by atoms with Gasteiger partial charge in [-0.2, -0.15) is 0 Å². The van der Waals surface area contributed by atoms with Crippen LogP contribution in [0.1, 0.15) is 10.4 Å². The number of rotatable bonds is 3. The van der Waals surface area contributed by atoms with Crippen LogP contribution in [0.2, 0.25) is 5.02 Å². The van der Waals surface area contributed by atoms with Crippen molar-refractivity contribution in [2.24, 2.45) is 0 Å². The lowest BCUT2D eigenvalue weighted by Gasteiger charge is -2.15. The van der Waals surface area contributed by atoms with E-state index in [9.17, 15) is 4.79 Å². The van der Waals surface area contributed by atoms with Crippen LogP contribution < -0.4 is 0 Å². The monoisotopic (exact) mass is 335 g/mol. The molecule has 80 valence electrons. The molecule has 0 heterocycles. The van der Waals surface area contributed by atoms with Gasteiger partial charge in [-0.1, -0.05) is 17.7 Å². The minimum absolute atomic E-state index is 0.0400. The van der Waals surface area contributed by atoms with E-state index in [0.717, 1.165) is 3.57 Å². The second-order valence-corrected chi connectivity index (χ2v) is 4.70. The van der Waals surface area contributed by atoms with Gasteiger partial charge in [-0.25, -0.2) is 0 Å². The molecular formula is C11H11ClINO. The van der Waals surface area contributed by atoms with Gasteiger partial charge in [-0.05, 0) is 40.8 Å². The van der Waals surface area contributed by atoms with Crippen LogP contribution in [0.5, 0.6) is 0 Å². The molecule has 4 heteroatoms. The number of hydrogen-bond donors (Lipinski definition) is 0. The van der Waals surface area contributed by atoms with Crippen LogP contribution in [0.3, 0.4) is 0 Å². The molecule has 0 unspecified atom stereocenters. The van der Waals surface area contributed by atoms with Crippen LogP contribution in [-0.4, -0.2) is 24.4 Å². The molecule has 0 aliphatic carbocycles. The normalized spacial score (nSPS) is 9.80. The van der Waals surface area contributed by atoms with Crippen molar-refractivity contribution in [1.82, 2.24) is 4.90 Å². The quantitative estimate of drug-likeness (QED) is 0.613. The summed E-state index contributed by atoms with van der Waals surface area (Å²) in [7, 11) is 1.74. The standard InChI is InChI=1S/C11H11ClINO/c1-3-6-14(2)11(15)9-7-8(12)4-5-10(9)13/h3-5,7H,1,6H2,2H3. The lowest BCUT2D eigenvalue weighted by Crippen LogP contribution is -2.27. The predicted octanol–water partition coefficient (Wildman–Crippen LogP) is 3.20. The Hall–Kier alpha value is -0.550. The summed E-state index contributed by atoms with van der Waals surface area (Å²) in [5, 5.41) is 0.575. The van der Waals surface area contributed by atoms with Crippen LogP contribution in [0.25, 0.3) is 0 Å². The molecule has 0 spiro atoms. The van der Waals surface area contributed by atoms with Crippen molar-refractivity contribution in [3.05, 3.63) is 45.0 Å². The smallest absolute Gasteiger partial charge is 0.255 e. The van der Waals surface area contributed by atoms with Crippen molar-refractivity contribution < 1.29 is 4.79 Å². The summed E-state index contributed by atoms with van der Waals surface area (Å²) in [6, 6.07) is 5.29. The number of nitrogens with zero attached hydrogens (tertiary/aromatic N) is 1. The lowest BCUT2D eigenvalue weighted by atomic mass is 10.2. The molecule has 0 atom stereocenters. The van der Waals surface area contributed by atoms with Gasteiger partial charge in [0.15, 0.2) is 0 Å². The molecule has 0 aromatic heterocycles. The summed E-state index contributed by atoms with van der Waals surface area (Å²) in [6.45, 7) is 4.12. The number of benzene rings is 1. The van der Waals surface area contributed by atoms with E-state index >= 15 is 0 Å². The van der Waals surface area contributed by atoms with Crippen molar-refractivity contribution in [2.75, 3.05) is 13.6 Å². The number of hydrogen-bond acceptors (Lipinski definition) is 1. The first-order valence-corrected chi connectivity index (χ1v) is 5.83. The molecule has 0 fully saturated rings. The van der Waals surface area contributed by atoms with Gasteiger partial charge in [0.1, 0.15) is 0 Å². The van der Waals surface area contributed by atoms with Crippen LogP contribution in [0.4, 0.5) is 0 Å². The fourth-order valence-electron chi connectivity index (χ4n) is 1.14. The molecule has 2 nitrogen and oxygen atoms in total. The molecule has 0 bridgehead atoms. The highest BCUT2D eigenvalue weighted by Gasteiger charge is 2.13. The zero-order valence-electron chi connectivity index (χ0n) is 8.34. The summed E-state index contributed by atoms with van der Waals surface area (Å²) >= 11 is 7.97. The second kappa shape index (κ2) is 5.51. The Morgan fingerprint density at radius 1 is 1.67 bits per heavy atom. The van der Waals surface area contributed by atoms with E-state index in [1.165, 1.54) is 0 Å². The van der Waals surface area contributed by atoms with Gasteiger partial charge in [-0.3, -0.25) is 4.79 Å². The van der Waals surface area contributed by atoms with E-state index in [-0.39, 0.29) is 5.91 Å². The first kappa shape index (κ1) is 12.5. The van der Waals surface area contributed by atoms with E-state index in [0.29, 0.717) is 17.1 Å². The van der Waals surface area contributed by atoms with Crippen LogP contribution >= 0.6 is 34.2 Å². The summed E-state index contributed by atoms with van der Waals surface area (Å²) in [5.41, 5.74) is 0.632. The van der Waals surface area contributed by atoms with Gasteiger partial charge >= 0.3 is 0 Å². The molecule has 0 N–H and O–H groups in total. The average molecular weight is 336 g/mol. The largest absolute Gasteiger partial charge is 0.338 e. The van der Waals surface area contributed by atoms with E-state index in [4.69, 9.17) is 11.6 Å². The van der Waals surface area contributed by atoms with Crippen LogP contribution in [0.15, 0.2) is 30.9 Å². The Bertz CT molecular complexity index is 392. The Balaban J connectivity index is 2.99. The third-order valence-corrected chi connectivity index (χ3v) is 3.08. The van der Waals surface area contributed by atoms with Crippen molar-refractivity contribution >= 4 is 40.1 Å². The Labute approximate surface area is 108 Å². The molecule has 0 aliphatic heterocycles. The number of halogens is 2. The van der Waals surface area contributed by atoms with Gasteiger partial charge < -0.3 is 4.90 Å². The molecule has 0 aliphatic rings. The summed E-state index contributed by atoms with van der Waals surface area (Å²) < 4.78 is 0.901. The molecular weight excluding hydrogens is 324 g/mol. The topological polar surface area (TPSA) is 20.3 Å². The first-order chi connectivity index (χ1) is 7.06. The van der Waals surface area contributed by atoms with Crippen molar-refractivity contribution in [3.63, 3.8) is 0 Å². The Morgan fingerprint density at radius 3 is 2.93 bits per heavy atom. The lowest BCUT2D eigenvalue weighted by molar-refractivity contribution is 0.0809. The molecule has 0 saturated carbocycles. The number of amides is 1. The number of carbonyl (C=O) groups is 1. The van der Waals surface area contributed by atoms with Crippen molar-refractivity contribution in [2.45, 2.75) is 0 Å². The van der Waals surface area contributed by atoms with Crippen LogP contribution in [0, 0.1) is 3.57 Å². The van der Waals surface area contributed by atoms with Gasteiger partial charge in [-0.15, -0.1) is 6.58 Å². The third kappa shape index (κ3) is 3.21. The number of carbonyl (C=O) groups excluding carboxylic acids is 1. The SMILES string of the molecule is C=CCN(C)C(=O)c1cc(Cl)ccc1I. The molecule has 0 radical (unpaired) electrons. The molecule has 1 rings (SSSR count). The Kier molecular flexibility index (Phi) is 4.60. The zero-order valence-corrected chi connectivity index (χ0v) is 11.2. The maximum atomic E-state index is 11.9. The predicted molar refractivity (Wildman–Crippen MR) is 71.3 cm³/mol. The van der Waals surface area contributed by atoms with Gasteiger partial charge in [0.2, 0.25) is 0 Å². The van der Waals surface area contributed by atoms with Crippen molar-refractivity contribution in [1.29, 1.82) is 0 Å². The molecule has 1 amide bonds. The van der Waals surface area contributed by atoms with Gasteiger partial charge in [0.25, 0.3) is 5.91 Å². The zero-order chi connectivity index (χ0) is 11.4. The second-order valence-electron chi connectivity index (χ2n) is 3.10. The summed E-state index contributed by atoms with van der Waals surface area (Å²) in [4.78, 5) is 13.5. The van der Waals surface area contributed by atoms with E-state index in [1.807, 2.05) is 6.07 Å². The van der Waals surface area contributed by atoms with E-state index in [2.05, 4.69) is 29.2 Å². The Morgan fingerprint density at radius 2 is 2.33 bits per heavy atom. The molecule has 0 saturated heterocycles. The molecule has 1 aromatic carbocycles. The summed E-state index contributed by atoms with van der Waals surface area (Å²) in [5.74, 6) is -0.0400. The highest BCUT2D eigenvalue weighted by atomic mass is 127. The minimum atomic E-state index is -0.0400. The fourth-order valence-corrected chi connectivity index (χ4v) is 1.88. The van der Waals surface area contributed by atoms with E-state index in [1.54, 1.807) is 30.2 Å². The fraction of sp³-hybridized carbons (Fsp3) is 0.182. The third-order valence-electron chi connectivity index (χ3n) is 1.91. The highest BCUT2D eigenvalue weighted by molar-refractivity contribution is 14.1. The summed E-state index contributed by atoms with van der Waals surface area (Å²) in [6.07, 6.45) is 1.69. The van der Waals surface area contributed by atoms with Crippen LogP contribution in [-0.2, 0) is 0 Å². The maximum Gasteiger partial charge on any atom is 0.255 e. The molecule has 1 aromatic rings. The molecule has 15 heavy (non-hydrogen) atoms. The average Bonchev–Trinajstić information content (AvgIpc) is 2.21. The number of likely N-dealkylation sites (N-methyl/N-ethyl adjacent to an activating group) is 1.